The number of pyridine rings is 1. The number of aromatic nitrogens is 1. The van der Waals surface area contributed by atoms with E-state index in [1.165, 1.54) is 0 Å². The molecular formula is C19H20NO3+. The van der Waals surface area contributed by atoms with Crippen LogP contribution in [0.2, 0.25) is 0 Å². The molecule has 2 aromatic carbocycles. The molecule has 3 rings (SSSR count). The minimum Gasteiger partial charge on any atom is -0.508 e. The molecule has 0 spiro atoms. The lowest BCUT2D eigenvalue weighted by atomic mass is 10.1. The van der Waals surface area contributed by atoms with Crippen LogP contribution in [0.25, 0.3) is 16.5 Å². The Balaban J connectivity index is 2.34. The van der Waals surface area contributed by atoms with Gasteiger partial charge in [-0.3, -0.25) is 0 Å². The van der Waals surface area contributed by atoms with Crippen molar-refractivity contribution in [3.05, 3.63) is 53.9 Å². The van der Waals surface area contributed by atoms with Crippen molar-refractivity contribution in [1.82, 2.24) is 0 Å². The first kappa shape index (κ1) is 15.2. The summed E-state index contributed by atoms with van der Waals surface area (Å²) in [6.07, 6.45) is 0. The van der Waals surface area contributed by atoms with Crippen molar-refractivity contribution < 1.29 is 19.1 Å². The van der Waals surface area contributed by atoms with Gasteiger partial charge in [-0.2, -0.15) is 4.57 Å². The topological polar surface area (TPSA) is 42.6 Å². The normalized spacial score (nSPS) is 10.8. The third-order valence-corrected chi connectivity index (χ3v) is 4.08. The number of ether oxygens (including phenoxy) is 2. The van der Waals surface area contributed by atoms with Crippen LogP contribution < -0.4 is 14.0 Å². The van der Waals surface area contributed by atoms with E-state index in [0.29, 0.717) is 0 Å². The average molecular weight is 310 g/mol. The van der Waals surface area contributed by atoms with Crippen molar-refractivity contribution >= 4 is 10.8 Å². The highest BCUT2D eigenvalue weighted by atomic mass is 16.5. The molecule has 4 heteroatoms. The van der Waals surface area contributed by atoms with Gasteiger partial charge in [0.15, 0.2) is 11.4 Å². The zero-order valence-corrected chi connectivity index (χ0v) is 13.8. The molecule has 3 aromatic rings. The third kappa shape index (κ3) is 2.57. The van der Waals surface area contributed by atoms with Gasteiger partial charge in [-0.15, -0.1) is 0 Å². The maximum Gasteiger partial charge on any atom is 0.211 e. The van der Waals surface area contributed by atoms with Crippen LogP contribution in [-0.4, -0.2) is 19.3 Å². The van der Waals surface area contributed by atoms with Crippen molar-refractivity contribution in [3.8, 4) is 22.9 Å². The Bertz CT molecular complexity index is 870. The number of nitrogens with zero attached hydrogens (tertiary/aromatic N) is 1. The molecule has 0 aliphatic carbocycles. The minimum absolute atomic E-state index is 0.257. The molecule has 0 aliphatic heterocycles. The number of phenolic OH excluding ortho intramolecular Hbond substituents is 1. The van der Waals surface area contributed by atoms with Crippen molar-refractivity contribution in [2.24, 2.45) is 0 Å². The summed E-state index contributed by atoms with van der Waals surface area (Å²) in [7, 11) is 3.32. The summed E-state index contributed by atoms with van der Waals surface area (Å²) in [6.45, 7) is 4.13. The van der Waals surface area contributed by atoms with Crippen LogP contribution in [0.4, 0.5) is 0 Å². The molecule has 0 saturated heterocycles. The fourth-order valence-corrected chi connectivity index (χ4v) is 3.06. The van der Waals surface area contributed by atoms with E-state index in [9.17, 15) is 5.11 Å². The number of hydrogen-bond donors (Lipinski definition) is 1. The first-order valence-electron chi connectivity index (χ1n) is 7.42. The second kappa shape index (κ2) is 5.80. The van der Waals surface area contributed by atoms with E-state index in [1.807, 2.05) is 24.3 Å². The summed E-state index contributed by atoms with van der Waals surface area (Å²) in [5.74, 6) is 1.81. The van der Waals surface area contributed by atoms with E-state index in [4.69, 9.17) is 9.47 Å². The molecule has 0 saturated carbocycles. The molecule has 1 aromatic heterocycles. The van der Waals surface area contributed by atoms with Crippen molar-refractivity contribution in [2.45, 2.75) is 13.8 Å². The van der Waals surface area contributed by atoms with E-state index in [-0.39, 0.29) is 5.75 Å². The van der Waals surface area contributed by atoms with Gasteiger partial charge in [-0.25, -0.2) is 0 Å². The zero-order chi connectivity index (χ0) is 16.6. The van der Waals surface area contributed by atoms with Gasteiger partial charge in [0.1, 0.15) is 17.2 Å². The highest BCUT2D eigenvalue weighted by Crippen LogP contribution is 2.33. The van der Waals surface area contributed by atoms with Crippen LogP contribution in [0.5, 0.6) is 17.2 Å². The molecule has 0 amide bonds. The van der Waals surface area contributed by atoms with Gasteiger partial charge in [0, 0.05) is 43.5 Å². The maximum absolute atomic E-state index is 9.51. The summed E-state index contributed by atoms with van der Waals surface area (Å²) in [6, 6.07) is 13.2. The molecule has 0 atom stereocenters. The lowest BCUT2D eigenvalue weighted by Gasteiger charge is -2.12. The van der Waals surface area contributed by atoms with Crippen molar-refractivity contribution in [3.63, 3.8) is 0 Å². The monoisotopic (exact) mass is 310 g/mol. The smallest absolute Gasteiger partial charge is 0.211 e. The Morgan fingerprint density at radius 2 is 1.61 bits per heavy atom. The first-order chi connectivity index (χ1) is 11.0. The summed E-state index contributed by atoms with van der Waals surface area (Å²) in [5, 5.41) is 11.6. The van der Waals surface area contributed by atoms with Crippen LogP contribution in [0.3, 0.4) is 0 Å². The van der Waals surface area contributed by atoms with Gasteiger partial charge in [-0.05, 0) is 18.2 Å². The van der Waals surface area contributed by atoms with E-state index >= 15 is 0 Å². The Morgan fingerprint density at radius 3 is 2.22 bits per heavy atom. The molecule has 23 heavy (non-hydrogen) atoms. The largest absolute Gasteiger partial charge is 0.508 e. The molecular weight excluding hydrogens is 290 g/mol. The van der Waals surface area contributed by atoms with Crippen LogP contribution in [0.1, 0.15) is 11.4 Å². The molecule has 0 fully saturated rings. The van der Waals surface area contributed by atoms with Gasteiger partial charge < -0.3 is 14.6 Å². The highest BCUT2D eigenvalue weighted by Gasteiger charge is 2.21. The quantitative estimate of drug-likeness (QED) is 0.753. The highest BCUT2D eigenvalue weighted by molar-refractivity contribution is 5.91. The number of methoxy groups -OCH3 is 2. The maximum atomic E-state index is 9.51. The Hall–Kier alpha value is -2.75. The molecule has 1 heterocycles. The van der Waals surface area contributed by atoms with Crippen LogP contribution in [-0.2, 0) is 0 Å². The summed E-state index contributed by atoms with van der Waals surface area (Å²) >= 11 is 0. The lowest BCUT2D eigenvalue weighted by molar-refractivity contribution is -0.607. The third-order valence-electron chi connectivity index (χ3n) is 4.08. The summed E-state index contributed by atoms with van der Waals surface area (Å²) in [4.78, 5) is 0. The number of rotatable bonds is 3. The number of aromatic hydroxyl groups is 1. The Morgan fingerprint density at radius 1 is 0.913 bits per heavy atom. The molecule has 1 N–H and O–H groups in total. The number of aryl methyl sites for hydroxylation is 2. The predicted octanol–water partition coefficient (Wildman–Crippen LogP) is 3.46. The number of benzene rings is 2. The van der Waals surface area contributed by atoms with Crippen LogP contribution in [0, 0.1) is 13.8 Å². The number of hydrogen-bond acceptors (Lipinski definition) is 3. The van der Waals surface area contributed by atoms with Gasteiger partial charge >= 0.3 is 0 Å². The van der Waals surface area contributed by atoms with Crippen LogP contribution in [0.15, 0.2) is 42.5 Å². The second-order valence-corrected chi connectivity index (χ2v) is 5.52. The van der Waals surface area contributed by atoms with Gasteiger partial charge in [-0.1, -0.05) is 0 Å². The molecule has 0 bridgehead atoms. The molecule has 0 radical (unpaired) electrons. The lowest BCUT2D eigenvalue weighted by Crippen LogP contribution is -2.37. The Kier molecular flexibility index (Phi) is 3.82. The van der Waals surface area contributed by atoms with Gasteiger partial charge in [0.25, 0.3) is 0 Å². The molecule has 118 valence electrons. The zero-order valence-electron chi connectivity index (χ0n) is 13.8. The predicted molar refractivity (Wildman–Crippen MR) is 89.7 cm³/mol. The van der Waals surface area contributed by atoms with Gasteiger partial charge in [0.05, 0.1) is 19.6 Å². The van der Waals surface area contributed by atoms with E-state index in [1.54, 1.807) is 26.4 Å². The number of fused-ring (bicyclic) bond motifs is 1. The molecule has 0 unspecified atom stereocenters. The van der Waals surface area contributed by atoms with E-state index in [0.717, 1.165) is 39.3 Å². The van der Waals surface area contributed by atoms with Crippen molar-refractivity contribution in [2.75, 3.05) is 14.2 Å². The number of phenols is 1. The first-order valence-corrected chi connectivity index (χ1v) is 7.42. The fourth-order valence-electron chi connectivity index (χ4n) is 3.06. The average Bonchev–Trinajstić information content (AvgIpc) is 2.55. The fraction of sp³-hybridized carbons (Fsp3) is 0.211. The summed E-state index contributed by atoms with van der Waals surface area (Å²) < 4.78 is 13.1. The van der Waals surface area contributed by atoms with E-state index < -0.39 is 0 Å². The van der Waals surface area contributed by atoms with E-state index in [2.05, 4.69) is 24.5 Å². The SMILES string of the molecule is COc1cc(OC)c2c(C)[n+](-c3ccc(O)cc3)c(C)cc2c1. The van der Waals surface area contributed by atoms with Crippen molar-refractivity contribution in [1.29, 1.82) is 0 Å². The van der Waals surface area contributed by atoms with Gasteiger partial charge in [0.2, 0.25) is 5.69 Å². The minimum atomic E-state index is 0.257. The molecule has 4 nitrogen and oxygen atoms in total. The molecule has 0 aliphatic rings. The summed E-state index contributed by atoms with van der Waals surface area (Å²) in [5.41, 5.74) is 3.17. The van der Waals surface area contributed by atoms with Crippen LogP contribution >= 0.6 is 0 Å². The Labute approximate surface area is 135 Å². The second-order valence-electron chi connectivity index (χ2n) is 5.52. The standard InChI is InChI=1S/C19H19NO3/c1-12-9-14-10-17(22-3)11-18(23-4)19(14)13(2)20(12)15-5-7-16(21)8-6-15/h5-11H,1-4H3/p+1.